The van der Waals surface area contributed by atoms with Crippen molar-refractivity contribution in [1.29, 1.82) is 0 Å². The summed E-state index contributed by atoms with van der Waals surface area (Å²) in [5.74, 6) is -0.792. The van der Waals surface area contributed by atoms with E-state index in [1.54, 1.807) is 0 Å². The van der Waals surface area contributed by atoms with Crippen molar-refractivity contribution < 1.29 is 99.8 Å². The number of nitro benzene ring substituents is 1. The van der Waals surface area contributed by atoms with E-state index >= 15 is 0 Å². The molecule has 0 unspecified atom stereocenters. The van der Waals surface area contributed by atoms with Gasteiger partial charge in [-0.2, -0.15) is 0 Å². The molecule has 0 atom stereocenters. The third-order valence-corrected chi connectivity index (χ3v) is 7.05. The summed E-state index contributed by atoms with van der Waals surface area (Å²) in [4.78, 5) is 9.00. The van der Waals surface area contributed by atoms with Crippen molar-refractivity contribution in [3.8, 4) is 11.5 Å². The fourth-order valence-electron chi connectivity index (χ4n) is 3.57. The molecular formula is C23H16N4Na2O10S2. The van der Waals surface area contributed by atoms with Gasteiger partial charge < -0.3 is 24.3 Å². The third-order valence-electron chi connectivity index (χ3n) is 5.37. The van der Waals surface area contributed by atoms with Crippen LogP contribution >= 0.6 is 0 Å². The number of ether oxygens (including phenoxy) is 1. The van der Waals surface area contributed by atoms with Crippen LogP contribution in [0.1, 0.15) is 0 Å². The smallest absolute Gasteiger partial charge is 0.744 e. The molecule has 202 valence electrons. The van der Waals surface area contributed by atoms with Gasteiger partial charge in [0, 0.05) is 22.8 Å². The number of anilines is 2. The van der Waals surface area contributed by atoms with E-state index in [-0.39, 0.29) is 92.7 Å². The zero-order valence-corrected chi connectivity index (χ0v) is 27.3. The fraction of sp³-hybridized carbons (Fsp3) is 0.0435. The molecule has 41 heavy (non-hydrogen) atoms. The van der Waals surface area contributed by atoms with E-state index in [1.807, 2.05) is 0 Å². The summed E-state index contributed by atoms with van der Waals surface area (Å²) < 4.78 is 74.9. The van der Waals surface area contributed by atoms with Crippen LogP contribution in [0.2, 0.25) is 0 Å². The first-order valence-corrected chi connectivity index (χ1v) is 13.4. The number of phenols is 1. The molecule has 14 nitrogen and oxygen atoms in total. The molecule has 0 spiro atoms. The maximum absolute atomic E-state index is 12.0. The SMILES string of the molecule is COc1cc([N+](=O)[O-])ccc1N=Nc1c(S(=O)(=O)[O-])cc2ccc(Nc3cccc(S(=O)(=O)[O-])c3)cc2c1O.[Na+].[Na+]. The minimum Gasteiger partial charge on any atom is -0.744 e. The number of benzene rings is 4. The summed E-state index contributed by atoms with van der Waals surface area (Å²) in [5.41, 5.74) is -0.513. The molecule has 0 bridgehead atoms. The minimum absolute atomic E-state index is 0. The number of hydrogen-bond donors (Lipinski definition) is 2. The Labute approximate surface area is 277 Å². The molecule has 0 heterocycles. The first-order valence-electron chi connectivity index (χ1n) is 10.6. The molecule has 0 aliphatic heterocycles. The molecular weight excluding hydrogens is 602 g/mol. The maximum atomic E-state index is 12.0. The Kier molecular flexibility index (Phi) is 11.4. The van der Waals surface area contributed by atoms with Gasteiger partial charge >= 0.3 is 59.1 Å². The Balaban J connectivity index is 0.00000294. The van der Waals surface area contributed by atoms with Crippen LogP contribution in [-0.4, -0.2) is 43.1 Å². The average Bonchev–Trinajstić information content (AvgIpc) is 2.87. The van der Waals surface area contributed by atoms with Gasteiger partial charge in [0.25, 0.3) is 5.69 Å². The van der Waals surface area contributed by atoms with E-state index in [0.29, 0.717) is 5.69 Å². The second-order valence-corrected chi connectivity index (χ2v) is 10.6. The van der Waals surface area contributed by atoms with E-state index in [1.165, 1.54) is 43.5 Å². The maximum Gasteiger partial charge on any atom is 1.00 e. The number of nitro groups is 1. The number of nitrogens with one attached hydrogen (secondary N) is 1. The Morgan fingerprint density at radius 1 is 0.878 bits per heavy atom. The molecule has 0 saturated heterocycles. The van der Waals surface area contributed by atoms with Crippen molar-refractivity contribution in [2.24, 2.45) is 10.2 Å². The van der Waals surface area contributed by atoms with E-state index in [0.717, 1.165) is 30.3 Å². The molecule has 0 fully saturated rings. The fourth-order valence-corrected chi connectivity index (χ4v) is 4.73. The number of hydrogen-bond acceptors (Lipinski definition) is 13. The zero-order chi connectivity index (χ0) is 28.5. The van der Waals surface area contributed by atoms with Crippen molar-refractivity contribution in [3.63, 3.8) is 0 Å². The summed E-state index contributed by atoms with van der Waals surface area (Å²) in [5, 5.41) is 32.6. The predicted molar refractivity (Wildman–Crippen MR) is 135 cm³/mol. The zero-order valence-electron chi connectivity index (χ0n) is 21.6. The van der Waals surface area contributed by atoms with Crippen LogP contribution in [0.3, 0.4) is 0 Å². The van der Waals surface area contributed by atoms with Crippen molar-refractivity contribution in [2.45, 2.75) is 9.79 Å². The predicted octanol–water partition coefficient (Wildman–Crippen LogP) is -1.56. The van der Waals surface area contributed by atoms with Crippen LogP contribution in [0.5, 0.6) is 11.5 Å². The van der Waals surface area contributed by atoms with Crippen molar-refractivity contribution in [3.05, 3.63) is 76.8 Å². The number of azo groups is 1. The van der Waals surface area contributed by atoms with Crippen LogP contribution in [0.25, 0.3) is 10.8 Å². The summed E-state index contributed by atoms with van der Waals surface area (Å²) >= 11 is 0. The van der Waals surface area contributed by atoms with Gasteiger partial charge in [0.2, 0.25) is 0 Å². The molecule has 4 rings (SSSR count). The molecule has 0 saturated carbocycles. The average molecular weight is 619 g/mol. The van der Waals surface area contributed by atoms with Gasteiger partial charge in [-0.1, -0.05) is 12.1 Å². The van der Waals surface area contributed by atoms with Crippen LogP contribution < -0.4 is 69.2 Å². The number of non-ortho nitro benzene ring substituents is 1. The van der Waals surface area contributed by atoms with Gasteiger partial charge in [0.05, 0.1) is 27.9 Å². The van der Waals surface area contributed by atoms with Gasteiger partial charge in [-0.3, -0.25) is 10.1 Å². The number of fused-ring (bicyclic) bond motifs is 1. The molecule has 2 N–H and O–H groups in total. The summed E-state index contributed by atoms with van der Waals surface area (Å²) in [6, 6.07) is 13.6. The van der Waals surface area contributed by atoms with Crippen LogP contribution in [0.4, 0.5) is 28.4 Å². The van der Waals surface area contributed by atoms with Crippen LogP contribution in [0.15, 0.2) is 86.7 Å². The standard InChI is InChI=1S/C23H18N4O10S2.2Na/c1-37-20-12-16(27(29)30)7-8-19(20)25-26-22-21(39(34,35)36)9-13-5-6-15(11-18(13)23(22)28)24-14-3-2-4-17(10-14)38(31,32)33;;/h2-12,24,28H,1H3,(H,31,32,33)(H,34,35,36);;/q;2*+1/p-2. The molecule has 4 aromatic rings. The summed E-state index contributed by atoms with van der Waals surface area (Å²) in [7, 11) is -8.64. The van der Waals surface area contributed by atoms with Crippen molar-refractivity contribution >= 4 is 59.4 Å². The molecule has 0 aliphatic rings. The van der Waals surface area contributed by atoms with Crippen molar-refractivity contribution in [2.75, 3.05) is 12.4 Å². The summed E-state index contributed by atoms with van der Waals surface area (Å²) in [6.45, 7) is 0. The number of nitrogens with zero attached hydrogens (tertiary/aromatic N) is 3. The molecule has 0 radical (unpaired) electrons. The number of aromatic hydroxyl groups is 1. The molecule has 0 aliphatic carbocycles. The number of phenolic OH excluding ortho intramolecular Hbond substituents is 1. The Morgan fingerprint density at radius 2 is 1.56 bits per heavy atom. The largest absolute Gasteiger partial charge is 1.00 e. The van der Waals surface area contributed by atoms with Crippen molar-refractivity contribution in [1.82, 2.24) is 0 Å². The van der Waals surface area contributed by atoms with Gasteiger partial charge in [-0.15, -0.1) is 10.2 Å². The molecule has 0 aromatic heterocycles. The first-order chi connectivity index (χ1) is 18.3. The Morgan fingerprint density at radius 3 is 2.17 bits per heavy atom. The van der Waals surface area contributed by atoms with E-state index in [4.69, 9.17) is 4.74 Å². The normalized spacial score (nSPS) is 11.5. The van der Waals surface area contributed by atoms with Crippen LogP contribution in [0, 0.1) is 10.1 Å². The minimum atomic E-state index is -5.15. The van der Waals surface area contributed by atoms with E-state index < -0.39 is 46.4 Å². The second-order valence-electron chi connectivity index (χ2n) is 7.88. The second kappa shape index (κ2) is 13.6. The van der Waals surface area contributed by atoms with Gasteiger partial charge in [0.15, 0.2) is 11.5 Å². The van der Waals surface area contributed by atoms with E-state index in [9.17, 15) is 41.2 Å². The molecule has 4 aromatic carbocycles. The third kappa shape index (κ3) is 8.01. The van der Waals surface area contributed by atoms with E-state index in [2.05, 4.69) is 15.5 Å². The Hall–Kier alpha value is -2.64. The van der Waals surface area contributed by atoms with Crippen LogP contribution in [-0.2, 0) is 20.2 Å². The monoisotopic (exact) mass is 618 g/mol. The molecule has 0 amide bonds. The first kappa shape index (κ1) is 34.6. The van der Waals surface area contributed by atoms with Gasteiger partial charge in [-0.25, -0.2) is 16.8 Å². The number of methoxy groups -OCH3 is 1. The van der Waals surface area contributed by atoms with Gasteiger partial charge in [-0.05, 0) is 47.9 Å². The number of rotatable bonds is 8. The summed E-state index contributed by atoms with van der Waals surface area (Å²) in [6.07, 6.45) is 0. The van der Waals surface area contributed by atoms with Gasteiger partial charge in [0.1, 0.15) is 31.6 Å². The molecule has 18 heteroatoms. The topological polar surface area (TPSA) is 224 Å². The Bertz CT molecular complexity index is 1890. The quantitative estimate of drug-likeness (QED) is 0.0755.